The van der Waals surface area contributed by atoms with Gasteiger partial charge in [0.1, 0.15) is 5.60 Å². The van der Waals surface area contributed by atoms with E-state index in [1.807, 2.05) is 30.3 Å². The molecule has 0 unspecified atom stereocenters. The van der Waals surface area contributed by atoms with Crippen LogP contribution in [0.3, 0.4) is 0 Å². The molecular weight excluding hydrogens is 292 g/mol. The quantitative estimate of drug-likeness (QED) is 0.888. The zero-order valence-corrected chi connectivity index (χ0v) is 13.4. The van der Waals surface area contributed by atoms with Crippen LogP contribution in [0.1, 0.15) is 31.1 Å². The monoisotopic (exact) mass is 312 g/mol. The number of amides is 2. The van der Waals surface area contributed by atoms with Crippen molar-refractivity contribution in [1.29, 1.82) is 0 Å². The average molecular weight is 312 g/mol. The summed E-state index contributed by atoms with van der Waals surface area (Å²) in [5.41, 5.74) is 1.24. The molecule has 2 rings (SSSR count). The standard InChI is InChI=1S/C18H20N2O3/c1-18(2,3)23-17(22)20-15-11-9-13(10-12-15)16(21)19-14-7-5-4-6-8-14/h4-12H,1-3H3,(H,19,21)(H,20,22). The lowest BCUT2D eigenvalue weighted by Gasteiger charge is -2.19. The van der Waals surface area contributed by atoms with Gasteiger partial charge in [-0.2, -0.15) is 0 Å². The van der Waals surface area contributed by atoms with E-state index < -0.39 is 11.7 Å². The summed E-state index contributed by atoms with van der Waals surface area (Å²) in [6.07, 6.45) is -0.529. The highest BCUT2D eigenvalue weighted by molar-refractivity contribution is 6.04. The predicted octanol–water partition coefficient (Wildman–Crippen LogP) is 4.29. The molecule has 0 atom stereocenters. The van der Waals surface area contributed by atoms with Gasteiger partial charge in [0, 0.05) is 16.9 Å². The molecule has 0 saturated carbocycles. The summed E-state index contributed by atoms with van der Waals surface area (Å²) in [6, 6.07) is 15.8. The highest BCUT2D eigenvalue weighted by atomic mass is 16.6. The summed E-state index contributed by atoms with van der Waals surface area (Å²) < 4.78 is 5.17. The number of anilines is 2. The Hall–Kier alpha value is -2.82. The molecule has 120 valence electrons. The summed E-state index contributed by atoms with van der Waals surface area (Å²) in [4.78, 5) is 23.8. The van der Waals surface area contributed by atoms with Crippen LogP contribution >= 0.6 is 0 Å². The predicted molar refractivity (Wildman–Crippen MR) is 90.7 cm³/mol. The molecule has 5 heteroatoms. The Bertz CT molecular complexity index is 674. The van der Waals surface area contributed by atoms with Crippen LogP contribution in [-0.2, 0) is 4.74 Å². The summed E-state index contributed by atoms with van der Waals surface area (Å²) >= 11 is 0. The van der Waals surface area contributed by atoms with Gasteiger partial charge in [0.25, 0.3) is 5.91 Å². The third kappa shape index (κ3) is 5.47. The van der Waals surface area contributed by atoms with Gasteiger partial charge in [-0.25, -0.2) is 4.79 Å². The Morgan fingerprint density at radius 2 is 1.39 bits per heavy atom. The second-order valence-electron chi connectivity index (χ2n) is 6.02. The van der Waals surface area contributed by atoms with Crippen LogP contribution < -0.4 is 10.6 Å². The van der Waals surface area contributed by atoms with E-state index in [9.17, 15) is 9.59 Å². The molecule has 0 aromatic heterocycles. The number of rotatable bonds is 3. The number of ether oxygens (including phenoxy) is 1. The normalized spacial score (nSPS) is 10.7. The highest BCUT2D eigenvalue weighted by Gasteiger charge is 2.16. The molecule has 23 heavy (non-hydrogen) atoms. The maximum absolute atomic E-state index is 12.1. The first kappa shape index (κ1) is 16.5. The summed E-state index contributed by atoms with van der Waals surface area (Å²) in [7, 11) is 0. The van der Waals surface area contributed by atoms with E-state index in [2.05, 4.69) is 10.6 Å². The largest absolute Gasteiger partial charge is 0.444 e. The highest BCUT2D eigenvalue weighted by Crippen LogP contribution is 2.14. The maximum Gasteiger partial charge on any atom is 0.412 e. The fourth-order valence-electron chi connectivity index (χ4n) is 1.85. The molecular formula is C18H20N2O3. The topological polar surface area (TPSA) is 67.4 Å². The van der Waals surface area contributed by atoms with Gasteiger partial charge in [-0.15, -0.1) is 0 Å². The Morgan fingerprint density at radius 1 is 0.826 bits per heavy atom. The van der Waals surface area contributed by atoms with E-state index in [1.165, 1.54) is 0 Å². The van der Waals surface area contributed by atoms with E-state index in [0.717, 1.165) is 5.69 Å². The number of carbonyl (C=O) groups is 2. The molecule has 5 nitrogen and oxygen atoms in total. The van der Waals surface area contributed by atoms with E-state index in [4.69, 9.17) is 4.74 Å². The third-order valence-electron chi connectivity index (χ3n) is 2.82. The lowest BCUT2D eigenvalue weighted by Crippen LogP contribution is -2.27. The first-order valence-electron chi connectivity index (χ1n) is 7.30. The van der Waals surface area contributed by atoms with Gasteiger partial charge >= 0.3 is 6.09 Å². The molecule has 2 aromatic carbocycles. The molecule has 0 aliphatic rings. The zero-order valence-electron chi connectivity index (χ0n) is 13.4. The lowest BCUT2D eigenvalue weighted by atomic mass is 10.2. The fraction of sp³-hybridized carbons (Fsp3) is 0.222. The van der Waals surface area contributed by atoms with Gasteiger partial charge in [-0.1, -0.05) is 18.2 Å². The molecule has 0 aliphatic carbocycles. The van der Waals surface area contributed by atoms with Crippen LogP contribution in [0.5, 0.6) is 0 Å². The number of benzene rings is 2. The Morgan fingerprint density at radius 3 is 1.96 bits per heavy atom. The molecule has 0 fully saturated rings. The summed E-state index contributed by atoms with van der Waals surface area (Å²) in [5.74, 6) is -0.208. The van der Waals surface area contributed by atoms with Crippen LogP contribution in [0.15, 0.2) is 54.6 Å². The number of para-hydroxylation sites is 1. The second-order valence-corrected chi connectivity index (χ2v) is 6.02. The van der Waals surface area contributed by atoms with Gasteiger partial charge in [-0.05, 0) is 57.2 Å². The van der Waals surface area contributed by atoms with Crippen molar-refractivity contribution in [3.8, 4) is 0 Å². The first-order valence-corrected chi connectivity index (χ1v) is 7.30. The minimum absolute atomic E-state index is 0.208. The smallest absolute Gasteiger partial charge is 0.412 e. The molecule has 2 N–H and O–H groups in total. The van der Waals surface area contributed by atoms with Crippen LogP contribution in [0.4, 0.5) is 16.2 Å². The van der Waals surface area contributed by atoms with E-state index >= 15 is 0 Å². The van der Waals surface area contributed by atoms with E-state index in [1.54, 1.807) is 45.0 Å². The van der Waals surface area contributed by atoms with Crippen molar-refractivity contribution in [3.05, 3.63) is 60.2 Å². The van der Waals surface area contributed by atoms with Crippen molar-refractivity contribution in [2.45, 2.75) is 26.4 Å². The Labute approximate surface area is 135 Å². The first-order chi connectivity index (χ1) is 10.8. The molecule has 2 aromatic rings. The minimum atomic E-state index is -0.556. The van der Waals surface area contributed by atoms with Crippen molar-refractivity contribution in [3.63, 3.8) is 0 Å². The third-order valence-corrected chi connectivity index (χ3v) is 2.82. The fourth-order valence-corrected chi connectivity index (χ4v) is 1.85. The van der Waals surface area contributed by atoms with Crippen LogP contribution in [0.25, 0.3) is 0 Å². The molecule has 0 bridgehead atoms. The molecule has 0 aliphatic heterocycles. The number of hydrogen-bond donors (Lipinski definition) is 2. The molecule has 0 heterocycles. The Kier molecular flexibility index (Phi) is 5.01. The molecule has 0 saturated heterocycles. The average Bonchev–Trinajstić information content (AvgIpc) is 2.47. The molecule has 0 radical (unpaired) electrons. The Balaban J connectivity index is 1.96. The van der Waals surface area contributed by atoms with E-state index in [0.29, 0.717) is 11.3 Å². The summed E-state index contributed by atoms with van der Waals surface area (Å²) in [6.45, 7) is 5.39. The molecule has 0 spiro atoms. The van der Waals surface area contributed by atoms with Crippen molar-refractivity contribution in [2.24, 2.45) is 0 Å². The van der Waals surface area contributed by atoms with Gasteiger partial charge in [0.15, 0.2) is 0 Å². The second kappa shape index (κ2) is 6.96. The van der Waals surface area contributed by atoms with Crippen molar-refractivity contribution in [1.82, 2.24) is 0 Å². The van der Waals surface area contributed by atoms with Crippen LogP contribution in [0, 0.1) is 0 Å². The lowest BCUT2D eigenvalue weighted by molar-refractivity contribution is 0.0636. The van der Waals surface area contributed by atoms with Gasteiger partial charge in [0.2, 0.25) is 0 Å². The number of nitrogens with one attached hydrogen (secondary N) is 2. The number of hydrogen-bond acceptors (Lipinski definition) is 3. The van der Waals surface area contributed by atoms with Gasteiger partial charge < -0.3 is 10.1 Å². The van der Waals surface area contributed by atoms with Crippen LogP contribution in [0.2, 0.25) is 0 Å². The maximum atomic E-state index is 12.1. The van der Waals surface area contributed by atoms with Crippen molar-refractivity contribution in [2.75, 3.05) is 10.6 Å². The zero-order chi connectivity index (χ0) is 16.9. The van der Waals surface area contributed by atoms with Gasteiger partial charge in [-0.3, -0.25) is 10.1 Å². The van der Waals surface area contributed by atoms with Crippen LogP contribution in [-0.4, -0.2) is 17.6 Å². The SMILES string of the molecule is CC(C)(C)OC(=O)Nc1ccc(C(=O)Nc2ccccc2)cc1. The van der Waals surface area contributed by atoms with Gasteiger partial charge in [0.05, 0.1) is 0 Å². The van der Waals surface area contributed by atoms with E-state index in [-0.39, 0.29) is 5.91 Å². The summed E-state index contributed by atoms with van der Waals surface area (Å²) in [5, 5.41) is 5.42. The minimum Gasteiger partial charge on any atom is -0.444 e. The molecule has 2 amide bonds. The van der Waals surface area contributed by atoms with Crippen molar-refractivity contribution < 1.29 is 14.3 Å². The number of carbonyl (C=O) groups excluding carboxylic acids is 2. The van der Waals surface area contributed by atoms with Crippen molar-refractivity contribution >= 4 is 23.4 Å².